The number of aliphatic carboxylic acids is 1. The van der Waals surface area contributed by atoms with Crippen molar-refractivity contribution in [3.8, 4) is 0 Å². The second-order valence-electron chi connectivity index (χ2n) is 4.31. The minimum atomic E-state index is -3.62. The highest BCUT2D eigenvalue weighted by Gasteiger charge is 2.44. The van der Waals surface area contributed by atoms with E-state index < -0.39 is 21.2 Å². The Morgan fingerprint density at radius 3 is 2.69 bits per heavy atom. The number of carboxylic acid groups (broad SMARTS) is 1. The van der Waals surface area contributed by atoms with Gasteiger partial charge in [0.15, 0.2) is 5.25 Å². The molecule has 0 aromatic rings. The highest BCUT2D eigenvalue weighted by molar-refractivity contribution is 7.90. The zero-order valence-electron chi connectivity index (χ0n) is 8.92. The lowest BCUT2D eigenvalue weighted by atomic mass is 10.2. The van der Waals surface area contributed by atoms with Crippen LogP contribution in [0.15, 0.2) is 0 Å². The topological polar surface area (TPSA) is 86.7 Å². The molecule has 0 spiro atoms. The standard InChI is InChI=1S/C9H16N2O4S/c12-9(13)8-3-5-11(16(8,14)15)6-7-2-1-4-10-7/h7-8,10H,1-6H2,(H,12,13). The van der Waals surface area contributed by atoms with Crippen LogP contribution in [0.1, 0.15) is 19.3 Å². The largest absolute Gasteiger partial charge is 0.480 e. The Morgan fingerprint density at radius 1 is 1.44 bits per heavy atom. The highest BCUT2D eigenvalue weighted by atomic mass is 32.2. The first-order valence-corrected chi connectivity index (χ1v) is 6.97. The second kappa shape index (κ2) is 4.31. The fraction of sp³-hybridized carbons (Fsp3) is 0.889. The summed E-state index contributed by atoms with van der Waals surface area (Å²) in [5.74, 6) is -1.23. The molecule has 0 amide bonds. The molecule has 7 heteroatoms. The van der Waals surface area contributed by atoms with Gasteiger partial charge in [-0.15, -0.1) is 0 Å². The molecule has 2 saturated heterocycles. The maximum Gasteiger partial charge on any atom is 0.323 e. The SMILES string of the molecule is O=C(O)C1CCN(CC2CCCN2)S1(=O)=O. The summed E-state index contributed by atoms with van der Waals surface area (Å²) in [6.07, 6.45) is 2.22. The average molecular weight is 248 g/mol. The smallest absolute Gasteiger partial charge is 0.323 e. The lowest BCUT2D eigenvalue weighted by Crippen LogP contribution is -2.40. The first kappa shape index (κ1) is 11.8. The van der Waals surface area contributed by atoms with Crippen molar-refractivity contribution in [1.29, 1.82) is 0 Å². The maximum absolute atomic E-state index is 11.8. The van der Waals surface area contributed by atoms with Crippen molar-refractivity contribution in [2.75, 3.05) is 19.6 Å². The predicted octanol–water partition coefficient (Wildman–Crippen LogP) is -0.773. The van der Waals surface area contributed by atoms with E-state index in [1.165, 1.54) is 4.31 Å². The predicted molar refractivity (Wildman–Crippen MR) is 57.6 cm³/mol. The molecule has 0 aromatic carbocycles. The van der Waals surface area contributed by atoms with Gasteiger partial charge in [-0.25, -0.2) is 8.42 Å². The van der Waals surface area contributed by atoms with Crippen LogP contribution < -0.4 is 5.32 Å². The van der Waals surface area contributed by atoms with Gasteiger partial charge in [-0.2, -0.15) is 4.31 Å². The third kappa shape index (κ3) is 2.07. The third-order valence-electron chi connectivity index (χ3n) is 3.22. The number of sulfonamides is 1. The first-order valence-electron chi connectivity index (χ1n) is 5.47. The molecule has 2 unspecified atom stereocenters. The number of carbonyl (C=O) groups is 1. The minimum Gasteiger partial charge on any atom is -0.480 e. The molecule has 16 heavy (non-hydrogen) atoms. The van der Waals surface area contributed by atoms with E-state index in [1.54, 1.807) is 0 Å². The molecule has 0 aliphatic carbocycles. The minimum absolute atomic E-state index is 0.183. The Hall–Kier alpha value is -0.660. The normalized spacial score (nSPS) is 34.2. The van der Waals surface area contributed by atoms with Gasteiger partial charge >= 0.3 is 5.97 Å². The lowest BCUT2D eigenvalue weighted by Gasteiger charge is -2.19. The summed E-state index contributed by atoms with van der Waals surface area (Å²) in [7, 11) is -3.62. The number of nitrogens with one attached hydrogen (secondary N) is 1. The van der Waals surface area contributed by atoms with Crippen LogP contribution in [-0.2, 0) is 14.8 Å². The van der Waals surface area contributed by atoms with Gasteiger partial charge in [-0.1, -0.05) is 0 Å². The Balaban J connectivity index is 2.04. The zero-order chi connectivity index (χ0) is 11.8. The summed E-state index contributed by atoms with van der Waals surface area (Å²) >= 11 is 0. The molecule has 0 radical (unpaired) electrons. The van der Waals surface area contributed by atoms with E-state index >= 15 is 0 Å². The van der Waals surface area contributed by atoms with Gasteiger partial charge in [0.05, 0.1) is 0 Å². The maximum atomic E-state index is 11.8. The van der Waals surface area contributed by atoms with Crippen molar-refractivity contribution < 1.29 is 18.3 Å². The molecule has 0 saturated carbocycles. The van der Waals surface area contributed by atoms with Gasteiger partial charge in [0.1, 0.15) is 0 Å². The van der Waals surface area contributed by atoms with Crippen molar-refractivity contribution in [2.45, 2.75) is 30.6 Å². The van der Waals surface area contributed by atoms with E-state index in [0.717, 1.165) is 19.4 Å². The summed E-state index contributed by atoms with van der Waals surface area (Å²) in [4.78, 5) is 10.8. The number of nitrogens with zero attached hydrogens (tertiary/aromatic N) is 1. The number of hydrogen-bond donors (Lipinski definition) is 2. The van der Waals surface area contributed by atoms with E-state index in [2.05, 4.69) is 5.32 Å². The lowest BCUT2D eigenvalue weighted by molar-refractivity contribution is -0.136. The Kier molecular flexibility index (Phi) is 3.18. The molecular formula is C9H16N2O4S. The number of rotatable bonds is 3. The van der Waals surface area contributed by atoms with Crippen molar-refractivity contribution in [3.05, 3.63) is 0 Å². The fourth-order valence-electron chi connectivity index (χ4n) is 2.32. The van der Waals surface area contributed by atoms with Crippen molar-refractivity contribution >= 4 is 16.0 Å². The Bertz CT molecular complexity index is 375. The van der Waals surface area contributed by atoms with E-state index in [1.807, 2.05) is 0 Å². The third-order valence-corrected chi connectivity index (χ3v) is 5.43. The summed E-state index contributed by atoms with van der Waals surface area (Å²) in [5.41, 5.74) is 0. The van der Waals surface area contributed by atoms with E-state index in [0.29, 0.717) is 13.1 Å². The van der Waals surface area contributed by atoms with Crippen LogP contribution >= 0.6 is 0 Å². The van der Waals surface area contributed by atoms with Crippen LogP contribution in [-0.4, -0.2) is 54.7 Å². The Labute approximate surface area is 94.7 Å². The molecule has 2 atom stereocenters. The number of hydrogen-bond acceptors (Lipinski definition) is 4. The summed E-state index contributed by atoms with van der Waals surface area (Å²) in [6, 6.07) is 0.183. The molecular weight excluding hydrogens is 232 g/mol. The van der Waals surface area contributed by atoms with Gasteiger partial charge in [-0.3, -0.25) is 4.79 Å². The van der Waals surface area contributed by atoms with Crippen LogP contribution in [0.5, 0.6) is 0 Å². The molecule has 2 heterocycles. The van der Waals surface area contributed by atoms with Gasteiger partial charge in [0, 0.05) is 19.1 Å². The molecule has 2 aliphatic rings. The molecule has 2 fully saturated rings. The van der Waals surface area contributed by atoms with Crippen LogP contribution in [0.3, 0.4) is 0 Å². The Morgan fingerprint density at radius 2 is 2.19 bits per heavy atom. The average Bonchev–Trinajstić information content (AvgIpc) is 2.76. The summed E-state index contributed by atoms with van der Waals surface area (Å²) in [6.45, 7) is 1.66. The molecule has 0 bridgehead atoms. The molecule has 2 rings (SSSR count). The molecule has 0 aromatic heterocycles. The van der Waals surface area contributed by atoms with Gasteiger partial charge in [0.25, 0.3) is 0 Å². The quantitative estimate of drug-likeness (QED) is 0.684. The summed E-state index contributed by atoms with van der Waals surface area (Å²) < 4.78 is 25.0. The van der Waals surface area contributed by atoms with Crippen molar-refractivity contribution in [3.63, 3.8) is 0 Å². The first-order chi connectivity index (χ1) is 7.51. The second-order valence-corrected chi connectivity index (χ2v) is 6.43. The highest BCUT2D eigenvalue weighted by Crippen LogP contribution is 2.23. The van der Waals surface area contributed by atoms with Crippen LogP contribution in [0, 0.1) is 0 Å². The van der Waals surface area contributed by atoms with E-state index in [-0.39, 0.29) is 12.5 Å². The molecule has 2 aliphatic heterocycles. The summed E-state index contributed by atoms with van der Waals surface area (Å²) in [5, 5.41) is 10.8. The molecule has 92 valence electrons. The van der Waals surface area contributed by atoms with Crippen LogP contribution in [0.2, 0.25) is 0 Å². The van der Waals surface area contributed by atoms with Crippen LogP contribution in [0.4, 0.5) is 0 Å². The zero-order valence-corrected chi connectivity index (χ0v) is 9.74. The van der Waals surface area contributed by atoms with Crippen molar-refractivity contribution in [2.24, 2.45) is 0 Å². The molecule has 2 N–H and O–H groups in total. The van der Waals surface area contributed by atoms with Crippen molar-refractivity contribution in [1.82, 2.24) is 9.62 Å². The van der Waals surface area contributed by atoms with Gasteiger partial charge in [0.2, 0.25) is 10.0 Å². The van der Waals surface area contributed by atoms with E-state index in [9.17, 15) is 13.2 Å². The van der Waals surface area contributed by atoms with E-state index in [4.69, 9.17) is 5.11 Å². The van der Waals surface area contributed by atoms with Gasteiger partial charge < -0.3 is 10.4 Å². The van der Waals surface area contributed by atoms with Crippen LogP contribution in [0.25, 0.3) is 0 Å². The number of carboxylic acids is 1. The van der Waals surface area contributed by atoms with Gasteiger partial charge in [-0.05, 0) is 25.8 Å². The fourth-order valence-corrected chi connectivity index (χ4v) is 4.09. The monoisotopic (exact) mass is 248 g/mol. The molecule has 6 nitrogen and oxygen atoms in total.